The molecule has 5 heterocycles. The van der Waals surface area contributed by atoms with Crippen LogP contribution < -0.4 is 22.8 Å². The smallest absolute Gasteiger partial charge is 0.201 e. The van der Waals surface area contributed by atoms with Gasteiger partial charge in [-0.15, -0.1) is 0 Å². The van der Waals surface area contributed by atoms with Crippen molar-refractivity contribution in [1.29, 1.82) is 0 Å². The molecule has 0 saturated carbocycles. The van der Waals surface area contributed by atoms with E-state index in [2.05, 4.69) is 240 Å². The summed E-state index contributed by atoms with van der Waals surface area (Å²) in [5.41, 5.74) is 33.7. The highest BCUT2D eigenvalue weighted by Gasteiger charge is 2.22. The lowest BCUT2D eigenvalue weighted by molar-refractivity contribution is -0.660. The van der Waals surface area contributed by atoms with Gasteiger partial charge in [0.2, 0.25) is 28.5 Å². The summed E-state index contributed by atoms with van der Waals surface area (Å²) in [4.78, 5) is 0. The normalized spacial score (nSPS) is 12.8. The van der Waals surface area contributed by atoms with Crippen molar-refractivity contribution in [1.82, 2.24) is 0 Å². The van der Waals surface area contributed by atoms with Crippen molar-refractivity contribution in [3.8, 4) is 112 Å². The number of hydrogen-bond donors (Lipinski definition) is 0. The van der Waals surface area contributed by atoms with Gasteiger partial charge < -0.3 is 0 Å². The van der Waals surface area contributed by atoms with Gasteiger partial charge in [0.15, 0.2) is 31.0 Å². The average Bonchev–Trinajstić information content (AvgIpc) is 0.774. The van der Waals surface area contributed by atoms with Crippen LogP contribution in [0.3, 0.4) is 0 Å². The second-order valence-corrected chi connectivity index (χ2v) is 28.1. The van der Waals surface area contributed by atoms with Crippen LogP contribution >= 0.6 is 0 Å². The van der Waals surface area contributed by atoms with E-state index >= 15 is 0 Å². The molecule has 15 aromatic rings. The van der Waals surface area contributed by atoms with Gasteiger partial charge in [-0.05, 0) is 204 Å². The Hall–Kier alpha value is -12.1. The predicted octanol–water partition coefficient (Wildman–Crippen LogP) is 23.2. The van der Waals surface area contributed by atoms with E-state index in [1.54, 1.807) is 54.3 Å². The summed E-state index contributed by atoms with van der Waals surface area (Å²) >= 11 is 0. The molecule has 0 aliphatic rings. The molecule has 0 saturated heterocycles. The van der Waals surface area contributed by atoms with Crippen LogP contribution in [0.2, 0.25) is 0 Å². The van der Waals surface area contributed by atoms with E-state index in [9.17, 15) is 0 Å². The van der Waals surface area contributed by atoms with Gasteiger partial charge in [0.1, 0.15) is 35.2 Å². The number of nitrogens with zero attached hydrogens (tertiary/aromatic N) is 5. The second-order valence-electron chi connectivity index (χ2n) is 28.1. The largest absolute Gasteiger partial charge is 0.213 e. The Morgan fingerprint density at radius 2 is 0.417 bits per heavy atom. The van der Waals surface area contributed by atoms with Crippen LogP contribution in [-0.2, 0) is 35.2 Å². The first-order chi connectivity index (χ1) is 56.9. The monoisotopic (exact) mass is 1420 g/mol. The molecular weight excluding hydrogens is 1310 g/mol. The van der Waals surface area contributed by atoms with Crippen molar-refractivity contribution < 1.29 is 39.3 Å². The number of pyridine rings is 5. The molecular formula is C103H106N5+5. The van der Waals surface area contributed by atoms with Gasteiger partial charge in [0.05, 0.1) is 0 Å². The van der Waals surface area contributed by atoms with Crippen molar-refractivity contribution in [2.45, 2.75) is 89.7 Å². The molecule has 0 aliphatic carbocycles. The number of hydrogen-bond acceptors (Lipinski definition) is 0. The third-order valence-electron chi connectivity index (χ3n) is 19.9. The standard InChI is InChI=1S/3C21H22N.2C20H20N/c1-15-10-11-19(16(2)12-15)21-13-20(17(3)14-22(21)4)18-8-6-5-7-9-18;2*1-15-10-11-19(16(2)12-15)21-13-17(3)20(14-22(21)4)18-8-6-5-7-9-18;2*1-15-9-7-8-12-18(15)20-13-19(16(2)14-21(20)3)17-10-5-4-6-11-17/h3*5-14H,1-4H3;2*4-14H,1-3H3/q5*+1/i1D3,3D3;1D3;;2D3;. The van der Waals surface area contributed by atoms with Crippen LogP contribution in [0.4, 0.5) is 0 Å². The van der Waals surface area contributed by atoms with E-state index in [1.807, 2.05) is 142 Å². The molecule has 538 valence electrons. The van der Waals surface area contributed by atoms with E-state index < -0.39 is 27.4 Å². The first-order valence-electron chi connectivity index (χ1n) is 42.6. The molecule has 0 spiro atoms. The first kappa shape index (κ1) is 62.2. The third kappa shape index (κ3) is 18.6. The lowest BCUT2D eigenvalue weighted by atomic mass is 9.97. The van der Waals surface area contributed by atoms with Gasteiger partial charge in [0.25, 0.3) is 0 Å². The minimum Gasteiger partial charge on any atom is -0.201 e. The second kappa shape index (κ2) is 35.4. The lowest BCUT2D eigenvalue weighted by Gasteiger charge is -2.10. The molecule has 0 bridgehead atoms. The van der Waals surface area contributed by atoms with E-state index in [0.717, 1.165) is 67.2 Å². The number of aryl methyl sites for hydroxylation is 18. The predicted molar refractivity (Wildman–Crippen MR) is 454 cm³/mol. The van der Waals surface area contributed by atoms with Gasteiger partial charge in [0, 0.05) is 102 Å². The molecule has 5 heteroatoms. The van der Waals surface area contributed by atoms with Crippen molar-refractivity contribution in [2.75, 3.05) is 0 Å². The Balaban J connectivity index is 0.000000147. The molecule has 5 nitrogen and oxygen atoms in total. The molecule has 10 aromatic carbocycles. The molecule has 0 N–H and O–H groups in total. The molecule has 15 rings (SSSR count). The van der Waals surface area contributed by atoms with Gasteiger partial charge in [-0.1, -0.05) is 241 Å². The topological polar surface area (TPSA) is 19.4 Å². The summed E-state index contributed by atoms with van der Waals surface area (Å²) in [6.07, 6.45) is 9.96. The Bertz CT molecular complexity index is 6120. The molecule has 0 unspecified atom stereocenters. The van der Waals surface area contributed by atoms with Gasteiger partial charge in [-0.25, -0.2) is 22.8 Å². The molecule has 108 heavy (non-hydrogen) atoms. The molecule has 0 fully saturated rings. The Labute approximate surface area is 661 Å². The van der Waals surface area contributed by atoms with Crippen LogP contribution in [0.5, 0.6) is 0 Å². The lowest BCUT2D eigenvalue weighted by Crippen LogP contribution is -2.31. The Morgan fingerprint density at radius 1 is 0.176 bits per heavy atom. The highest BCUT2D eigenvalue weighted by Crippen LogP contribution is 2.34. The highest BCUT2D eigenvalue weighted by molar-refractivity contribution is 5.77. The average molecular weight is 1430 g/mol. The zero-order chi connectivity index (χ0) is 86.7. The molecule has 0 atom stereocenters. The van der Waals surface area contributed by atoms with E-state index in [1.165, 1.54) is 89.3 Å². The summed E-state index contributed by atoms with van der Waals surface area (Å²) in [6.45, 7) is 10.2. The van der Waals surface area contributed by atoms with Gasteiger partial charge in [-0.2, -0.15) is 0 Å². The fraction of sp³-hybridized carbons (Fsp3) is 0.175. The van der Waals surface area contributed by atoms with Crippen LogP contribution in [-0.4, -0.2) is 0 Å². The van der Waals surface area contributed by atoms with Crippen molar-refractivity contribution in [2.24, 2.45) is 35.2 Å². The summed E-state index contributed by atoms with van der Waals surface area (Å²) in [7, 11) is 9.96. The summed E-state index contributed by atoms with van der Waals surface area (Å²) in [5, 5.41) is 0. The molecule has 0 amide bonds. The van der Waals surface area contributed by atoms with Crippen molar-refractivity contribution >= 4 is 0 Å². The van der Waals surface area contributed by atoms with Crippen molar-refractivity contribution in [3.63, 3.8) is 0 Å². The highest BCUT2D eigenvalue weighted by atomic mass is 14.9. The fourth-order valence-electron chi connectivity index (χ4n) is 14.1. The Morgan fingerprint density at radius 3 is 0.722 bits per heavy atom. The quantitative estimate of drug-likeness (QED) is 0.122. The summed E-state index contributed by atoms with van der Waals surface area (Å²) in [5.74, 6) is 0. The van der Waals surface area contributed by atoms with Crippen LogP contribution in [0, 0.1) is 89.7 Å². The summed E-state index contributed by atoms with van der Waals surface area (Å²) < 4.78 is 103. The van der Waals surface area contributed by atoms with E-state index in [0.29, 0.717) is 22.3 Å². The summed E-state index contributed by atoms with van der Waals surface area (Å²) in [6, 6.07) is 95.0. The maximum absolute atomic E-state index is 7.93. The van der Waals surface area contributed by atoms with Crippen molar-refractivity contribution in [3.05, 3.63) is 388 Å². The minimum atomic E-state index is -2.25. The van der Waals surface area contributed by atoms with Crippen LogP contribution in [0.1, 0.15) is 88.8 Å². The van der Waals surface area contributed by atoms with Crippen LogP contribution in [0.15, 0.2) is 316 Å². The van der Waals surface area contributed by atoms with E-state index in [-0.39, 0.29) is 5.56 Å². The SMILES string of the molecule is Cc1c[n+](C)c(-c2ccccc2C)cc1-c1ccccc1.Cc1ccc(-c2cc(C)c(-c3ccccc3)c[n+]2C)c(C)c1.[2H]C([2H])([2H])c1c[n+](C)c(-c2ccccc2C)cc1-c1ccccc1.[2H]C([2H])([2H])c1ccc(-c2cc(-c3ccccc3)c(C([2H])([2H])[2H])c[n+]2C)c(C)c1.[2H]C([2H])([2H])c1ccc(-c2cc(C)c(-c3ccccc3)c[n+]2C)c(C)c1. The number of benzene rings is 10. The molecule has 5 aromatic heterocycles. The first-order valence-corrected chi connectivity index (χ1v) is 36.6. The number of aromatic nitrogens is 5. The zero-order valence-electron chi connectivity index (χ0n) is 76.8. The number of rotatable bonds is 10. The van der Waals surface area contributed by atoms with Gasteiger partial charge >= 0.3 is 0 Å². The third-order valence-corrected chi connectivity index (χ3v) is 19.9. The maximum Gasteiger partial charge on any atom is 0.213 e. The van der Waals surface area contributed by atoms with Gasteiger partial charge in [-0.3, -0.25) is 0 Å². The molecule has 0 radical (unpaired) electrons. The van der Waals surface area contributed by atoms with E-state index in [4.69, 9.17) is 16.4 Å². The molecule has 0 aliphatic heterocycles. The Kier molecular flexibility index (Phi) is 20.4. The minimum absolute atomic E-state index is 0.279. The zero-order valence-corrected chi connectivity index (χ0v) is 64.8. The van der Waals surface area contributed by atoms with Crippen LogP contribution in [0.25, 0.3) is 112 Å². The fourth-order valence-corrected chi connectivity index (χ4v) is 14.1. The maximum atomic E-state index is 7.93.